The van der Waals surface area contributed by atoms with Crippen LogP contribution in [0.4, 0.5) is 0 Å². The number of aliphatic carboxylic acids is 1. The van der Waals surface area contributed by atoms with Crippen molar-refractivity contribution in [2.45, 2.75) is 158 Å². The van der Waals surface area contributed by atoms with Crippen molar-refractivity contribution in [3.8, 4) is 11.5 Å². The van der Waals surface area contributed by atoms with Crippen molar-refractivity contribution < 1.29 is 97.8 Å². The molecule has 5 aromatic rings. The fourth-order valence-electron chi connectivity index (χ4n) is 11.5. The standard InChI is InChI=1S/C70H95BrN18O20/c1-35(2)58(69(108)77-30-57(96)97)88-67(106)54(33-92)86-63(102)50(23-39-12-17-44(94)18-13-39)84-65(104)52(31-90)87-66(105)53(32-91)85-64(103)51(26-42-28-74-34-78-42)81-56(95)29-76-59(98)36(3)79-60(99)37(4)80-68(107)55-9-7-21-89(55)70(109)47(8-5-6-20-72)82-62(101)49(22-38-10-15-43(93)16-11-38)83-61(100)46(73)24-40-27-75-48-25-41(71)14-19-45(40)48/h10-19,25,27-28,34-37,46-47,49-55,58,75,90-94H,5-9,20-24,26,29-33,72-73H2,1-4H3,(H,74,78)(H,76,98)(H,77,108)(H,79,99)(H,80,107)(H,81,95)(H,82,101)(H,83,100)(H,84,104)(H,85,103)(H,86,102)(H,87,105)(H,88,106)(H,96,97)/t36-,37-,46-,47-,49-,50-,51-,52-,53-,54-,55-,58-/m0/s1. The second kappa shape index (κ2) is 42.4. The zero-order valence-corrected chi connectivity index (χ0v) is 61.8. The first-order chi connectivity index (χ1) is 51.8. The fraction of sp³-hybridized carbons (Fsp3) is 0.471. The van der Waals surface area contributed by atoms with E-state index in [0.717, 1.165) is 20.9 Å². The molecule has 0 bridgehead atoms. The van der Waals surface area contributed by atoms with Crippen LogP contribution in [0.25, 0.3) is 10.9 Å². The van der Waals surface area contributed by atoms with E-state index in [1.165, 1.54) is 81.5 Å². The number of hydrogen-bond acceptors (Lipinski definition) is 22. The maximum atomic E-state index is 14.6. The second-order valence-electron chi connectivity index (χ2n) is 26.4. The van der Waals surface area contributed by atoms with Gasteiger partial charge in [-0.15, -0.1) is 0 Å². The van der Waals surface area contributed by atoms with E-state index in [0.29, 0.717) is 30.4 Å². The van der Waals surface area contributed by atoms with Crippen LogP contribution in [0, 0.1) is 5.92 Å². The molecule has 1 aliphatic rings. The molecule has 109 heavy (non-hydrogen) atoms. The molecule has 39 heteroatoms. The smallest absolute Gasteiger partial charge is 0.322 e. The summed E-state index contributed by atoms with van der Waals surface area (Å²) >= 11 is 3.45. The number of carboxylic acids is 1. The number of aromatic hydroxyl groups is 2. The highest BCUT2D eigenvalue weighted by molar-refractivity contribution is 9.10. The van der Waals surface area contributed by atoms with Gasteiger partial charge in [-0.05, 0) is 118 Å². The summed E-state index contributed by atoms with van der Waals surface area (Å²) in [7, 11) is 0. The number of aliphatic hydroxyl groups is 3. The molecular weight excluding hydrogens is 1490 g/mol. The molecule has 592 valence electrons. The van der Waals surface area contributed by atoms with E-state index in [2.05, 4.69) is 94.7 Å². The molecule has 0 aliphatic carbocycles. The number of carbonyl (C=O) groups excluding carboxylic acids is 13. The van der Waals surface area contributed by atoms with Crippen molar-refractivity contribution in [1.82, 2.24) is 83.7 Å². The van der Waals surface area contributed by atoms with Crippen LogP contribution < -0.4 is 75.3 Å². The Morgan fingerprint density at radius 2 is 1.06 bits per heavy atom. The van der Waals surface area contributed by atoms with Crippen LogP contribution in [0.5, 0.6) is 11.5 Å². The van der Waals surface area contributed by atoms with Crippen molar-refractivity contribution in [2.75, 3.05) is 46.0 Å². The van der Waals surface area contributed by atoms with E-state index in [1.54, 1.807) is 18.3 Å². The Morgan fingerprint density at radius 1 is 0.560 bits per heavy atom. The minimum atomic E-state index is -1.92. The number of aromatic nitrogens is 3. The average molecular weight is 1590 g/mol. The van der Waals surface area contributed by atoms with Gasteiger partial charge in [-0.1, -0.05) is 60.1 Å². The summed E-state index contributed by atoms with van der Waals surface area (Å²) in [6.45, 7) is 1.06. The number of phenolic OH excluding ortho intramolecular Hbond substituents is 2. The van der Waals surface area contributed by atoms with Crippen molar-refractivity contribution in [3.05, 3.63) is 112 Å². The third-order valence-corrected chi connectivity index (χ3v) is 18.1. The van der Waals surface area contributed by atoms with Crippen molar-refractivity contribution in [3.63, 3.8) is 0 Å². The number of carboxylic acid groups (broad SMARTS) is 1. The van der Waals surface area contributed by atoms with Gasteiger partial charge in [-0.2, -0.15) is 0 Å². The molecule has 3 aromatic carbocycles. The Balaban J connectivity index is 1.03. The number of hydrogen-bond donors (Lipinski definition) is 22. The van der Waals surface area contributed by atoms with Crippen molar-refractivity contribution >= 4 is 110 Å². The van der Waals surface area contributed by atoms with Gasteiger partial charge < -0.3 is 121 Å². The first-order valence-electron chi connectivity index (χ1n) is 35.0. The Kier molecular flexibility index (Phi) is 33.8. The minimum absolute atomic E-state index is 0.0357. The SMILES string of the molecule is CC(C)[C@H](NC(=O)[C@H](CO)NC(=O)[C@H](Cc1ccc(O)cc1)NC(=O)[C@H](CO)NC(=O)[C@H](CO)NC(=O)[C@H](Cc1cnc[nH]1)NC(=O)CNC(=O)[C@H](C)NC(=O)[C@H](C)NC(=O)[C@@H]1CCCN1C(=O)[C@H](CCCCN)NC(=O)[C@H](Cc1ccc(O)cc1)NC(=O)[C@@H](N)Cc1c[nH]c2cc(Br)ccc12)C(=O)NCC(=O)O. The summed E-state index contributed by atoms with van der Waals surface area (Å²) < 4.78 is 0.841. The molecule has 24 N–H and O–H groups in total. The molecule has 3 heterocycles. The van der Waals surface area contributed by atoms with Crippen molar-refractivity contribution in [1.29, 1.82) is 0 Å². The first kappa shape index (κ1) is 86.8. The Bertz CT molecular complexity index is 4000. The molecule has 0 saturated carbocycles. The lowest BCUT2D eigenvalue weighted by molar-refractivity contribution is -0.142. The van der Waals surface area contributed by atoms with Crippen molar-refractivity contribution in [2.24, 2.45) is 17.4 Å². The molecule has 12 atom stereocenters. The predicted molar refractivity (Wildman–Crippen MR) is 392 cm³/mol. The monoisotopic (exact) mass is 1590 g/mol. The molecule has 0 spiro atoms. The van der Waals surface area contributed by atoms with E-state index in [9.17, 15) is 92.7 Å². The van der Waals surface area contributed by atoms with Crippen LogP contribution >= 0.6 is 15.9 Å². The van der Waals surface area contributed by atoms with E-state index in [4.69, 9.17) is 16.6 Å². The highest BCUT2D eigenvalue weighted by Crippen LogP contribution is 2.25. The van der Waals surface area contributed by atoms with Gasteiger partial charge in [0.2, 0.25) is 76.8 Å². The summed E-state index contributed by atoms with van der Waals surface area (Å²) in [5.74, 6) is -14.4. The largest absolute Gasteiger partial charge is 0.508 e. The van der Waals surface area contributed by atoms with Gasteiger partial charge >= 0.3 is 5.97 Å². The van der Waals surface area contributed by atoms with E-state index >= 15 is 0 Å². The van der Waals surface area contributed by atoms with Gasteiger partial charge in [-0.3, -0.25) is 67.1 Å². The number of phenols is 2. The molecular formula is C70H95BrN18O20. The molecule has 13 amide bonds. The van der Waals surface area contributed by atoms with Gasteiger partial charge in [0, 0.05) is 59.3 Å². The number of nitrogens with two attached hydrogens (primary N) is 2. The van der Waals surface area contributed by atoms with Crippen LogP contribution in [-0.4, -0.2) is 252 Å². The topological polar surface area (TPSA) is 604 Å². The summed E-state index contributed by atoms with van der Waals surface area (Å²) in [4.78, 5) is 201. The normalized spacial score (nSPS) is 15.6. The number of unbranched alkanes of at least 4 members (excludes halogenated alkanes) is 1. The second-order valence-corrected chi connectivity index (χ2v) is 27.3. The van der Waals surface area contributed by atoms with Crippen LogP contribution in [0.15, 0.2) is 89.9 Å². The lowest BCUT2D eigenvalue weighted by Crippen LogP contribution is -2.62. The molecule has 38 nitrogen and oxygen atoms in total. The number of nitrogens with one attached hydrogen (secondary N) is 14. The van der Waals surface area contributed by atoms with Gasteiger partial charge in [0.15, 0.2) is 0 Å². The van der Waals surface area contributed by atoms with E-state index < -0.39 is 194 Å². The van der Waals surface area contributed by atoms with Crippen LogP contribution in [0.1, 0.15) is 82.2 Å². The number of amides is 13. The van der Waals surface area contributed by atoms with E-state index in [1.807, 2.05) is 18.2 Å². The maximum absolute atomic E-state index is 14.6. The zero-order chi connectivity index (χ0) is 80.2. The third-order valence-electron chi connectivity index (χ3n) is 17.6. The summed E-state index contributed by atoms with van der Waals surface area (Å²) in [6, 6.07) is -0.749. The number of nitrogens with zero attached hydrogens (tertiary/aromatic N) is 2. The van der Waals surface area contributed by atoms with E-state index in [-0.39, 0.29) is 68.8 Å². The Morgan fingerprint density at radius 3 is 1.59 bits per heavy atom. The molecule has 0 radical (unpaired) electrons. The third kappa shape index (κ3) is 26.7. The molecule has 6 rings (SSSR count). The molecule has 1 saturated heterocycles. The zero-order valence-electron chi connectivity index (χ0n) is 60.2. The summed E-state index contributed by atoms with van der Waals surface area (Å²) in [5.41, 5.74) is 15.0. The summed E-state index contributed by atoms with van der Waals surface area (Å²) in [5, 5.41) is 89.4. The number of halogens is 1. The maximum Gasteiger partial charge on any atom is 0.322 e. The highest BCUT2D eigenvalue weighted by atomic mass is 79.9. The fourth-order valence-corrected chi connectivity index (χ4v) is 11.9. The van der Waals surface area contributed by atoms with Crippen LogP contribution in [0.2, 0.25) is 0 Å². The predicted octanol–water partition coefficient (Wildman–Crippen LogP) is -5.38. The number of aliphatic hydroxyl groups excluding tert-OH is 3. The number of carbonyl (C=O) groups is 14. The quantitative estimate of drug-likeness (QED) is 0.0162. The molecule has 0 unspecified atom stereocenters. The Hall–Kier alpha value is -11.1. The molecule has 2 aromatic heterocycles. The van der Waals surface area contributed by atoms with Gasteiger partial charge in [-0.25, -0.2) is 4.98 Å². The lowest BCUT2D eigenvalue weighted by atomic mass is 10.0. The molecule has 1 fully saturated rings. The average Bonchev–Trinajstić information content (AvgIpc) is 1.78. The number of fused-ring (bicyclic) bond motifs is 1. The first-order valence-corrected chi connectivity index (χ1v) is 35.8. The highest BCUT2D eigenvalue weighted by Gasteiger charge is 2.41. The van der Waals surface area contributed by atoms with Crippen LogP contribution in [-0.2, 0) is 92.8 Å². The minimum Gasteiger partial charge on any atom is -0.508 e. The lowest BCUT2D eigenvalue weighted by Gasteiger charge is -2.30. The number of H-pyrrole nitrogens is 2. The number of likely N-dealkylation sites (tertiary alicyclic amines) is 1. The number of imidazole rings is 1. The summed E-state index contributed by atoms with van der Waals surface area (Å²) in [6.07, 6.45) is 5.09. The van der Waals surface area contributed by atoms with Gasteiger partial charge in [0.05, 0.1) is 38.7 Å². The van der Waals surface area contributed by atoms with Crippen LogP contribution in [0.3, 0.4) is 0 Å². The van der Waals surface area contributed by atoms with Gasteiger partial charge in [0.25, 0.3) is 0 Å². The Labute approximate surface area is 633 Å². The van der Waals surface area contributed by atoms with Gasteiger partial charge in [0.1, 0.15) is 84.5 Å². The number of benzene rings is 3. The molecule has 1 aliphatic heterocycles. The number of aromatic amines is 2. The number of rotatable bonds is 42.